The van der Waals surface area contributed by atoms with Crippen molar-refractivity contribution in [3.05, 3.63) is 35.4 Å². The van der Waals surface area contributed by atoms with Gasteiger partial charge in [0.2, 0.25) is 0 Å². The number of benzene rings is 1. The van der Waals surface area contributed by atoms with Crippen LogP contribution in [0.1, 0.15) is 43.2 Å². The van der Waals surface area contributed by atoms with Crippen LogP contribution in [0.15, 0.2) is 24.3 Å². The van der Waals surface area contributed by atoms with Crippen LogP contribution >= 0.6 is 0 Å². The molecule has 0 spiro atoms. The zero-order valence-electron chi connectivity index (χ0n) is 13.9. The van der Waals surface area contributed by atoms with Gasteiger partial charge in [0.15, 0.2) is 0 Å². The van der Waals surface area contributed by atoms with E-state index >= 15 is 0 Å². The lowest BCUT2D eigenvalue weighted by atomic mass is 9.91. The van der Waals surface area contributed by atoms with Gasteiger partial charge < -0.3 is 14.8 Å². The highest BCUT2D eigenvalue weighted by Crippen LogP contribution is 2.23. The predicted molar refractivity (Wildman–Crippen MR) is 89.0 cm³/mol. The van der Waals surface area contributed by atoms with Crippen molar-refractivity contribution >= 4 is 0 Å². The largest absolute Gasteiger partial charge is 0.382 e. The fourth-order valence-corrected chi connectivity index (χ4v) is 2.54. The molecule has 1 unspecified atom stereocenters. The van der Waals surface area contributed by atoms with Crippen LogP contribution in [0.5, 0.6) is 0 Å². The normalized spacial score (nSPS) is 12.5. The summed E-state index contributed by atoms with van der Waals surface area (Å²) < 4.78 is 10.6. The summed E-state index contributed by atoms with van der Waals surface area (Å²) in [5.74, 6) is 0.573. The second-order valence-corrected chi connectivity index (χ2v) is 5.51. The summed E-state index contributed by atoms with van der Waals surface area (Å²) in [6, 6.07) is 8.73. The number of hydrogen-bond donors (Lipinski definition) is 1. The van der Waals surface area contributed by atoms with Crippen molar-refractivity contribution in [2.75, 3.05) is 40.0 Å². The van der Waals surface area contributed by atoms with Gasteiger partial charge >= 0.3 is 0 Å². The summed E-state index contributed by atoms with van der Waals surface area (Å²) >= 11 is 0. The van der Waals surface area contributed by atoms with Gasteiger partial charge in [0.05, 0.1) is 13.2 Å². The Hall–Kier alpha value is -0.900. The summed E-state index contributed by atoms with van der Waals surface area (Å²) in [4.78, 5) is 0. The van der Waals surface area contributed by atoms with Crippen molar-refractivity contribution in [2.45, 2.75) is 39.0 Å². The molecule has 0 heterocycles. The van der Waals surface area contributed by atoms with Gasteiger partial charge in [-0.05, 0) is 49.8 Å². The maximum absolute atomic E-state index is 5.57. The number of ether oxygens (including phenoxy) is 2. The summed E-state index contributed by atoms with van der Waals surface area (Å²) in [5, 5.41) is 3.56. The van der Waals surface area contributed by atoms with E-state index in [0.29, 0.717) is 19.1 Å². The minimum Gasteiger partial charge on any atom is -0.382 e. The molecule has 0 aromatic heterocycles. The molecule has 3 nitrogen and oxygen atoms in total. The monoisotopic (exact) mass is 293 g/mol. The molecule has 0 radical (unpaired) electrons. The van der Waals surface area contributed by atoms with Gasteiger partial charge in [-0.25, -0.2) is 0 Å². The molecule has 1 aromatic carbocycles. The second kappa shape index (κ2) is 11.7. The third-order valence-corrected chi connectivity index (χ3v) is 3.72. The molecule has 0 aliphatic heterocycles. The molecule has 1 aromatic rings. The van der Waals surface area contributed by atoms with Crippen molar-refractivity contribution in [1.82, 2.24) is 5.32 Å². The van der Waals surface area contributed by atoms with Crippen LogP contribution in [0, 0.1) is 6.92 Å². The Bertz CT molecular complexity index is 368. The molecule has 0 amide bonds. The highest BCUT2D eigenvalue weighted by Gasteiger charge is 2.12. The molecule has 0 aliphatic carbocycles. The van der Waals surface area contributed by atoms with Gasteiger partial charge in [0, 0.05) is 20.3 Å². The zero-order valence-corrected chi connectivity index (χ0v) is 13.9. The number of aryl methyl sites for hydroxylation is 1. The van der Waals surface area contributed by atoms with E-state index in [1.54, 1.807) is 7.11 Å². The lowest BCUT2D eigenvalue weighted by molar-refractivity contribution is 0.0681. The molecule has 1 N–H and O–H groups in total. The number of hydrogen-bond acceptors (Lipinski definition) is 3. The van der Waals surface area contributed by atoms with Crippen LogP contribution in [0.25, 0.3) is 0 Å². The maximum Gasteiger partial charge on any atom is 0.0700 e. The van der Waals surface area contributed by atoms with E-state index in [4.69, 9.17) is 9.47 Å². The van der Waals surface area contributed by atoms with Gasteiger partial charge in [0.25, 0.3) is 0 Å². The molecule has 0 aliphatic rings. The molecule has 120 valence electrons. The highest BCUT2D eigenvalue weighted by molar-refractivity contribution is 5.29. The molecule has 1 rings (SSSR count). The van der Waals surface area contributed by atoms with Gasteiger partial charge in [-0.15, -0.1) is 0 Å². The summed E-state index contributed by atoms with van der Waals surface area (Å²) in [5.41, 5.74) is 2.86. The fourth-order valence-electron chi connectivity index (χ4n) is 2.54. The van der Waals surface area contributed by atoms with Crippen LogP contribution in [-0.2, 0) is 9.47 Å². The number of nitrogens with one attached hydrogen (secondary N) is 1. The second-order valence-electron chi connectivity index (χ2n) is 5.51. The summed E-state index contributed by atoms with van der Waals surface area (Å²) in [6.07, 6.45) is 3.44. The molecular weight excluding hydrogens is 262 g/mol. The van der Waals surface area contributed by atoms with Gasteiger partial charge in [-0.3, -0.25) is 0 Å². The van der Waals surface area contributed by atoms with Crippen molar-refractivity contribution in [2.24, 2.45) is 0 Å². The van der Waals surface area contributed by atoms with Crippen molar-refractivity contribution in [3.63, 3.8) is 0 Å². The van der Waals surface area contributed by atoms with E-state index in [-0.39, 0.29) is 0 Å². The maximum atomic E-state index is 5.57. The summed E-state index contributed by atoms with van der Waals surface area (Å²) in [7, 11) is 1.71. The molecular formula is C18H31NO2. The van der Waals surface area contributed by atoms with Crippen LogP contribution in [0.2, 0.25) is 0 Å². The first-order chi connectivity index (χ1) is 10.3. The van der Waals surface area contributed by atoms with E-state index in [1.807, 2.05) is 0 Å². The van der Waals surface area contributed by atoms with Crippen molar-refractivity contribution in [1.29, 1.82) is 0 Å². The van der Waals surface area contributed by atoms with Crippen molar-refractivity contribution in [3.8, 4) is 0 Å². The van der Waals surface area contributed by atoms with E-state index in [1.165, 1.54) is 17.5 Å². The lowest BCUT2D eigenvalue weighted by Crippen LogP contribution is -2.23. The van der Waals surface area contributed by atoms with Crippen LogP contribution in [0.3, 0.4) is 0 Å². The first-order valence-corrected chi connectivity index (χ1v) is 8.12. The summed E-state index contributed by atoms with van der Waals surface area (Å²) in [6.45, 7) is 8.75. The smallest absolute Gasteiger partial charge is 0.0700 e. The first kappa shape index (κ1) is 18.1. The van der Waals surface area contributed by atoms with E-state index < -0.39 is 0 Å². The minimum atomic E-state index is 0.573. The average molecular weight is 293 g/mol. The minimum absolute atomic E-state index is 0.573. The zero-order chi connectivity index (χ0) is 15.3. The fraction of sp³-hybridized carbons (Fsp3) is 0.667. The Labute approximate surface area is 130 Å². The Balaban J connectivity index is 2.43. The van der Waals surface area contributed by atoms with Crippen molar-refractivity contribution < 1.29 is 9.47 Å². The quantitative estimate of drug-likeness (QED) is 0.598. The molecule has 0 fully saturated rings. The Morgan fingerprint density at radius 3 is 2.67 bits per heavy atom. The highest BCUT2D eigenvalue weighted by atomic mass is 16.5. The lowest BCUT2D eigenvalue weighted by Gasteiger charge is -2.20. The van der Waals surface area contributed by atoms with Gasteiger partial charge in [-0.1, -0.05) is 31.2 Å². The van der Waals surface area contributed by atoms with Gasteiger partial charge in [-0.2, -0.15) is 0 Å². The van der Waals surface area contributed by atoms with Gasteiger partial charge in [0.1, 0.15) is 0 Å². The number of rotatable bonds is 12. The first-order valence-electron chi connectivity index (χ1n) is 8.12. The SMILES string of the molecule is CCCNCC(CCCOCCOC)c1ccccc1C. The predicted octanol–water partition coefficient (Wildman–Crippen LogP) is 3.52. The number of methoxy groups -OCH3 is 1. The molecule has 21 heavy (non-hydrogen) atoms. The molecule has 0 saturated heterocycles. The third kappa shape index (κ3) is 7.60. The topological polar surface area (TPSA) is 30.5 Å². The van der Waals surface area contributed by atoms with E-state index in [9.17, 15) is 0 Å². The average Bonchev–Trinajstić information content (AvgIpc) is 2.50. The Morgan fingerprint density at radius 2 is 1.95 bits per heavy atom. The van der Waals surface area contributed by atoms with Crippen LogP contribution in [-0.4, -0.2) is 40.0 Å². The van der Waals surface area contributed by atoms with Crippen LogP contribution in [0.4, 0.5) is 0 Å². The Morgan fingerprint density at radius 1 is 1.14 bits per heavy atom. The van der Waals surface area contributed by atoms with E-state index in [0.717, 1.165) is 32.5 Å². The third-order valence-electron chi connectivity index (χ3n) is 3.72. The Kier molecular flexibility index (Phi) is 10.1. The molecule has 1 atom stereocenters. The molecule has 3 heteroatoms. The van der Waals surface area contributed by atoms with E-state index in [2.05, 4.69) is 43.4 Å². The van der Waals surface area contributed by atoms with Crippen LogP contribution < -0.4 is 5.32 Å². The molecule has 0 bridgehead atoms. The molecule has 0 saturated carbocycles. The standard InChI is InChI=1S/C18H31NO2/c1-4-11-19-15-17(9-7-12-21-14-13-20-3)18-10-6-5-8-16(18)2/h5-6,8,10,17,19H,4,7,9,11-15H2,1-3H3.